The Morgan fingerprint density at radius 3 is 2.54 bits per heavy atom. The summed E-state index contributed by atoms with van der Waals surface area (Å²) in [5, 5.41) is 18.5. The Hall–Kier alpha value is -1.71. The summed E-state index contributed by atoms with van der Waals surface area (Å²) in [4.78, 5) is 10.5. The SMILES string of the molecule is COc1c(C=O)cc(O)c(O)c1C. The van der Waals surface area contributed by atoms with E-state index < -0.39 is 0 Å². The third-order valence-electron chi connectivity index (χ3n) is 1.82. The van der Waals surface area contributed by atoms with Crippen LogP contribution in [-0.2, 0) is 0 Å². The van der Waals surface area contributed by atoms with E-state index in [2.05, 4.69) is 0 Å². The van der Waals surface area contributed by atoms with Crippen LogP contribution in [0.3, 0.4) is 0 Å². The molecule has 4 nitrogen and oxygen atoms in total. The Balaban J connectivity index is 3.47. The molecule has 0 atom stereocenters. The molecular formula is C9H10O4. The zero-order chi connectivity index (χ0) is 10.0. The third kappa shape index (κ3) is 1.42. The standard InChI is InChI=1S/C9H10O4/c1-5-8(12)7(11)3-6(4-10)9(5)13-2/h3-4,11-12H,1-2H3. The van der Waals surface area contributed by atoms with Gasteiger partial charge in [0.25, 0.3) is 0 Å². The number of methoxy groups -OCH3 is 1. The number of aromatic hydroxyl groups is 2. The van der Waals surface area contributed by atoms with Crippen LogP contribution in [0, 0.1) is 6.92 Å². The molecule has 0 heterocycles. The van der Waals surface area contributed by atoms with Gasteiger partial charge in [-0.1, -0.05) is 0 Å². The Labute approximate surface area is 75.4 Å². The molecule has 0 aliphatic rings. The van der Waals surface area contributed by atoms with Crippen LogP contribution in [-0.4, -0.2) is 23.6 Å². The summed E-state index contributed by atoms with van der Waals surface area (Å²) >= 11 is 0. The lowest BCUT2D eigenvalue weighted by Crippen LogP contribution is -1.94. The molecule has 0 aromatic heterocycles. The van der Waals surface area contributed by atoms with Gasteiger partial charge in [0.2, 0.25) is 0 Å². The van der Waals surface area contributed by atoms with E-state index >= 15 is 0 Å². The normalized spacial score (nSPS) is 9.69. The molecule has 1 aromatic rings. The zero-order valence-electron chi connectivity index (χ0n) is 7.37. The Morgan fingerprint density at radius 2 is 2.08 bits per heavy atom. The van der Waals surface area contributed by atoms with Gasteiger partial charge in [0.15, 0.2) is 17.8 Å². The van der Waals surface area contributed by atoms with E-state index in [4.69, 9.17) is 9.84 Å². The minimum atomic E-state index is -0.319. The molecule has 0 saturated heterocycles. The van der Waals surface area contributed by atoms with Gasteiger partial charge in [-0.05, 0) is 13.0 Å². The zero-order valence-corrected chi connectivity index (χ0v) is 7.37. The number of carbonyl (C=O) groups is 1. The molecule has 0 saturated carbocycles. The van der Waals surface area contributed by atoms with Crippen LogP contribution in [0.4, 0.5) is 0 Å². The van der Waals surface area contributed by atoms with Crippen LogP contribution in [0.2, 0.25) is 0 Å². The molecule has 0 aliphatic heterocycles. The molecule has 70 valence electrons. The van der Waals surface area contributed by atoms with E-state index in [-0.39, 0.29) is 22.8 Å². The van der Waals surface area contributed by atoms with Crippen LogP contribution >= 0.6 is 0 Å². The molecule has 0 fully saturated rings. The molecule has 0 bridgehead atoms. The van der Waals surface area contributed by atoms with Gasteiger partial charge >= 0.3 is 0 Å². The monoisotopic (exact) mass is 182 g/mol. The van der Waals surface area contributed by atoms with E-state index in [9.17, 15) is 9.90 Å². The highest BCUT2D eigenvalue weighted by Gasteiger charge is 2.13. The fraction of sp³-hybridized carbons (Fsp3) is 0.222. The number of phenols is 2. The molecule has 13 heavy (non-hydrogen) atoms. The Bertz CT molecular complexity index is 344. The molecule has 0 amide bonds. The first-order valence-corrected chi connectivity index (χ1v) is 3.66. The first-order chi connectivity index (χ1) is 6.11. The topological polar surface area (TPSA) is 66.8 Å². The molecule has 0 spiro atoms. The number of phenolic OH excluding ortho intramolecular Hbond substituents is 2. The summed E-state index contributed by atoms with van der Waals surface area (Å²) in [7, 11) is 1.39. The smallest absolute Gasteiger partial charge is 0.164 e. The van der Waals surface area contributed by atoms with Crippen LogP contribution in [0.15, 0.2) is 6.07 Å². The van der Waals surface area contributed by atoms with E-state index in [0.717, 1.165) is 6.07 Å². The molecule has 0 radical (unpaired) electrons. The minimum Gasteiger partial charge on any atom is -0.504 e. The second-order valence-corrected chi connectivity index (χ2v) is 2.61. The van der Waals surface area contributed by atoms with Gasteiger partial charge in [0.05, 0.1) is 12.7 Å². The van der Waals surface area contributed by atoms with Crippen LogP contribution in [0.5, 0.6) is 17.2 Å². The maximum absolute atomic E-state index is 10.5. The maximum Gasteiger partial charge on any atom is 0.164 e. The fourth-order valence-corrected chi connectivity index (χ4v) is 1.16. The van der Waals surface area contributed by atoms with Gasteiger partial charge in [-0.15, -0.1) is 0 Å². The van der Waals surface area contributed by atoms with Gasteiger partial charge in [0.1, 0.15) is 5.75 Å². The summed E-state index contributed by atoms with van der Waals surface area (Å²) in [5.74, 6) is -0.298. The number of carbonyl (C=O) groups excluding carboxylic acids is 1. The first kappa shape index (κ1) is 9.38. The highest BCUT2D eigenvalue weighted by molar-refractivity contribution is 5.82. The Morgan fingerprint density at radius 1 is 1.46 bits per heavy atom. The number of hydrogen-bond donors (Lipinski definition) is 2. The summed E-state index contributed by atoms with van der Waals surface area (Å²) in [6.07, 6.45) is 0.561. The quantitative estimate of drug-likeness (QED) is 0.533. The van der Waals surface area contributed by atoms with Gasteiger partial charge in [-0.3, -0.25) is 4.79 Å². The molecule has 4 heteroatoms. The summed E-state index contributed by atoms with van der Waals surface area (Å²) < 4.78 is 4.90. The van der Waals surface area contributed by atoms with E-state index in [1.54, 1.807) is 6.92 Å². The van der Waals surface area contributed by atoms with Crippen molar-refractivity contribution in [2.45, 2.75) is 6.92 Å². The van der Waals surface area contributed by atoms with Crippen molar-refractivity contribution < 1.29 is 19.7 Å². The number of rotatable bonds is 2. The molecule has 2 N–H and O–H groups in total. The van der Waals surface area contributed by atoms with Crippen molar-refractivity contribution in [3.05, 3.63) is 17.2 Å². The maximum atomic E-state index is 10.5. The van der Waals surface area contributed by atoms with Crippen molar-refractivity contribution in [3.63, 3.8) is 0 Å². The van der Waals surface area contributed by atoms with E-state index in [0.29, 0.717) is 11.8 Å². The van der Waals surface area contributed by atoms with E-state index in [1.165, 1.54) is 7.11 Å². The molecule has 0 aliphatic carbocycles. The van der Waals surface area contributed by atoms with Crippen molar-refractivity contribution in [1.82, 2.24) is 0 Å². The van der Waals surface area contributed by atoms with Crippen molar-refractivity contribution in [3.8, 4) is 17.2 Å². The second kappa shape index (κ2) is 3.35. The number of ether oxygens (including phenoxy) is 1. The van der Waals surface area contributed by atoms with Crippen molar-refractivity contribution in [1.29, 1.82) is 0 Å². The first-order valence-electron chi connectivity index (χ1n) is 3.66. The number of hydrogen-bond acceptors (Lipinski definition) is 4. The Kier molecular flexibility index (Phi) is 2.41. The third-order valence-corrected chi connectivity index (χ3v) is 1.82. The van der Waals surface area contributed by atoms with E-state index in [1.807, 2.05) is 0 Å². The van der Waals surface area contributed by atoms with Gasteiger partial charge in [-0.2, -0.15) is 0 Å². The summed E-state index contributed by atoms with van der Waals surface area (Å²) in [5.41, 5.74) is 0.569. The largest absolute Gasteiger partial charge is 0.504 e. The number of benzene rings is 1. The molecule has 0 unspecified atom stereocenters. The number of aldehydes is 1. The van der Waals surface area contributed by atoms with Gasteiger partial charge in [0, 0.05) is 5.56 Å². The molecule has 1 aromatic carbocycles. The fourth-order valence-electron chi connectivity index (χ4n) is 1.16. The van der Waals surface area contributed by atoms with Gasteiger partial charge < -0.3 is 14.9 Å². The highest BCUT2D eigenvalue weighted by Crippen LogP contribution is 2.37. The molecular weight excluding hydrogens is 172 g/mol. The summed E-state index contributed by atoms with van der Waals surface area (Å²) in [6.45, 7) is 1.56. The lowest BCUT2D eigenvalue weighted by molar-refractivity contribution is 0.112. The van der Waals surface area contributed by atoms with Crippen molar-refractivity contribution in [2.24, 2.45) is 0 Å². The second-order valence-electron chi connectivity index (χ2n) is 2.61. The average Bonchev–Trinajstić information content (AvgIpc) is 2.13. The molecule has 1 rings (SSSR count). The predicted molar refractivity (Wildman–Crippen MR) is 46.4 cm³/mol. The predicted octanol–water partition coefficient (Wildman–Crippen LogP) is 1.23. The van der Waals surface area contributed by atoms with Crippen molar-refractivity contribution >= 4 is 6.29 Å². The van der Waals surface area contributed by atoms with Crippen molar-refractivity contribution in [2.75, 3.05) is 7.11 Å². The van der Waals surface area contributed by atoms with Crippen LogP contribution in [0.25, 0.3) is 0 Å². The van der Waals surface area contributed by atoms with Crippen LogP contribution in [0.1, 0.15) is 15.9 Å². The minimum absolute atomic E-state index is 0.218. The lowest BCUT2D eigenvalue weighted by Gasteiger charge is -2.09. The van der Waals surface area contributed by atoms with Crippen LogP contribution < -0.4 is 4.74 Å². The van der Waals surface area contributed by atoms with Gasteiger partial charge in [-0.25, -0.2) is 0 Å². The summed E-state index contributed by atoms with van der Waals surface area (Å²) in [6, 6.07) is 1.16. The average molecular weight is 182 g/mol. The lowest BCUT2D eigenvalue weighted by atomic mass is 10.1. The highest BCUT2D eigenvalue weighted by atomic mass is 16.5.